The molecule has 2 aromatic rings. The molecule has 1 heterocycles. The van der Waals surface area contributed by atoms with E-state index in [2.05, 4.69) is 61.4 Å². The fourth-order valence-corrected chi connectivity index (χ4v) is 2.34. The van der Waals surface area contributed by atoms with Crippen LogP contribution < -0.4 is 5.32 Å². The Morgan fingerprint density at radius 1 is 1.10 bits per heavy atom. The SMILES string of the molecule is CCCNCc1coc(CN(C)Cc2ccc(C)cc2)c1. The third kappa shape index (κ3) is 5.37. The maximum atomic E-state index is 5.64. The summed E-state index contributed by atoms with van der Waals surface area (Å²) in [6, 6.07) is 10.8. The quantitative estimate of drug-likeness (QED) is 0.750. The second kappa shape index (κ2) is 8.01. The molecule has 0 aliphatic carbocycles. The number of aryl methyl sites for hydroxylation is 1. The van der Waals surface area contributed by atoms with E-state index in [1.807, 2.05) is 6.26 Å². The molecule has 1 N–H and O–H groups in total. The highest BCUT2D eigenvalue weighted by Crippen LogP contribution is 2.12. The van der Waals surface area contributed by atoms with Crippen LogP contribution in [0.3, 0.4) is 0 Å². The first-order valence-corrected chi connectivity index (χ1v) is 7.68. The highest BCUT2D eigenvalue weighted by atomic mass is 16.3. The Balaban J connectivity index is 1.82. The summed E-state index contributed by atoms with van der Waals surface area (Å²) in [6.07, 6.45) is 3.02. The molecule has 0 radical (unpaired) electrons. The van der Waals surface area contributed by atoms with Crippen LogP contribution in [0.4, 0.5) is 0 Å². The molecule has 0 fully saturated rings. The van der Waals surface area contributed by atoms with E-state index < -0.39 is 0 Å². The van der Waals surface area contributed by atoms with Crippen LogP contribution in [0.15, 0.2) is 41.0 Å². The van der Waals surface area contributed by atoms with Crippen molar-refractivity contribution in [2.24, 2.45) is 0 Å². The number of furan rings is 1. The van der Waals surface area contributed by atoms with Crippen LogP contribution in [0, 0.1) is 6.92 Å². The van der Waals surface area contributed by atoms with E-state index in [1.165, 1.54) is 16.7 Å². The van der Waals surface area contributed by atoms with E-state index in [0.29, 0.717) is 0 Å². The molecular formula is C18H26N2O. The maximum Gasteiger partial charge on any atom is 0.118 e. The van der Waals surface area contributed by atoms with Gasteiger partial charge in [-0.1, -0.05) is 36.8 Å². The fraction of sp³-hybridized carbons (Fsp3) is 0.444. The molecule has 0 unspecified atom stereocenters. The van der Waals surface area contributed by atoms with Crippen LogP contribution in [0.1, 0.15) is 35.8 Å². The molecule has 0 spiro atoms. The predicted octanol–water partition coefficient (Wildman–Crippen LogP) is 3.72. The van der Waals surface area contributed by atoms with Gasteiger partial charge in [0.15, 0.2) is 0 Å². The van der Waals surface area contributed by atoms with Gasteiger partial charge in [-0.3, -0.25) is 4.90 Å². The summed E-state index contributed by atoms with van der Waals surface area (Å²) in [5.41, 5.74) is 3.86. The van der Waals surface area contributed by atoms with Gasteiger partial charge in [0.25, 0.3) is 0 Å². The monoisotopic (exact) mass is 286 g/mol. The normalized spacial score (nSPS) is 11.2. The van der Waals surface area contributed by atoms with Gasteiger partial charge in [-0.2, -0.15) is 0 Å². The van der Waals surface area contributed by atoms with E-state index in [-0.39, 0.29) is 0 Å². The fourth-order valence-electron chi connectivity index (χ4n) is 2.34. The first-order chi connectivity index (χ1) is 10.2. The molecule has 0 bridgehead atoms. The Bertz CT molecular complexity index is 530. The highest BCUT2D eigenvalue weighted by molar-refractivity contribution is 5.21. The zero-order valence-corrected chi connectivity index (χ0v) is 13.4. The third-order valence-corrected chi connectivity index (χ3v) is 3.46. The Morgan fingerprint density at radius 3 is 2.57 bits per heavy atom. The topological polar surface area (TPSA) is 28.4 Å². The summed E-state index contributed by atoms with van der Waals surface area (Å²) >= 11 is 0. The summed E-state index contributed by atoms with van der Waals surface area (Å²) in [5, 5.41) is 3.39. The van der Waals surface area contributed by atoms with E-state index >= 15 is 0 Å². The zero-order chi connectivity index (χ0) is 15.1. The average Bonchev–Trinajstić information content (AvgIpc) is 2.89. The van der Waals surface area contributed by atoms with Gasteiger partial charge < -0.3 is 9.73 Å². The standard InChI is InChI=1S/C18H26N2O/c1-4-9-19-11-17-10-18(21-14-17)13-20(3)12-16-7-5-15(2)6-8-16/h5-8,10,14,19H,4,9,11-13H2,1-3H3. The van der Waals surface area contributed by atoms with Gasteiger partial charge in [-0.25, -0.2) is 0 Å². The van der Waals surface area contributed by atoms with Crippen LogP contribution in [-0.2, 0) is 19.6 Å². The van der Waals surface area contributed by atoms with Crippen molar-refractivity contribution in [1.29, 1.82) is 0 Å². The minimum atomic E-state index is 0.835. The molecule has 0 atom stereocenters. The smallest absolute Gasteiger partial charge is 0.118 e. The largest absolute Gasteiger partial charge is 0.468 e. The van der Waals surface area contributed by atoms with E-state index in [1.54, 1.807) is 0 Å². The minimum absolute atomic E-state index is 0.835. The van der Waals surface area contributed by atoms with Crippen molar-refractivity contribution in [2.45, 2.75) is 39.9 Å². The molecule has 3 heteroatoms. The van der Waals surface area contributed by atoms with Crippen molar-refractivity contribution < 1.29 is 4.42 Å². The lowest BCUT2D eigenvalue weighted by Crippen LogP contribution is -2.17. The van der Waals surface area contributed by atoms with Crippen molar-refractivity contribution in [3.8, 4) is 0 Å². The Kier molecular flexibility index (Phi) is 6.03. The van der Waals surface area contributed by atoms with Gasteiger partial charge in [-0.05, 0) is 38.6 Å². The van der Waals surface area contributed by atoms with Gasteiger partial charge in [0, 0.05) is 18.7 Å². The van der Waals surface area contributed by atoms with E-state index in [0.717, 1.165) is 38.4 Å². The Morgan fingerprint density at radius 2 is 1.86 bits per heavy atom. The van der Waals surface area contributed by atoms with Gasteiger partial charge >= 0.3 is 0 Å². The van der Waals surface area contributed by atoms with Crippen LogP contribution in [-0.4, -0.2) is 18.5 Å². The summed E-state index contributed by atoms with van der Waals surface area (Å²) in [6.45, 7) is 8.00. The number of hydrogen-bond acceptors (Lipinski definition) is 3. The molecule has 2 rings (SSSR count). The first-order valence-electron chi connectivity index (χ1n) is 7.68. The second-order valence-corrected chi connectivity index (χ2v) is 5.76. The minimum Gasteiger partial charge on any atom is -0.468 e. The van der Waals surface area contributed by atoms with Gasteiger partial charge in [0.1, 0.15) is 5.76 Å². The van der Waals surface area contributed by atoms with Crippen molar-refractivity contribution in [3.05, 3.63) is 59.0 Å². The molecule has 0 saturated heterocycles. The second-order valence-electron chi connectivity index (χ2n) is 5.76. The number of hydrogen-bond donors (Lipinski definition) is 1. The van der Waals surface area contributed by atoms with E-state index in [4.69, 9.17) is 4.42 Å². The van der Waals surface area contributed by atoms with Gasteiger partial charge in [0.05, 0.1) is 12.8 Å². The molecular weight excluding hydrogens is 260 g/mol. The summed E-state index contributed by atoms with van der Waals surface area (Å²) in [4.78, 5) is 2.27. The molecule has 3 nitrogen and oxygen atoms in total. The van der Waals surface area contributed by atoms with Gasteiger partial charge in [0.2, 0.25) is 0 Å². The maximum absolute atomic E-state index is 5.64. The van der Waals surface area contributed by atoms with Crippen LogP contribution in [0.2, 0.25) is 0 Å². The number of nitrogens with zero attached hydrogens (tertiary/aromatic N) is 1. The number of benzene rings is 1. The highest BCUT2D eigenvalue weighted by Gasteiger charge is 2.06. The van der Waals surface area contributed by atoms with Crippen molar-refractivity contribution in [2.75, 3.05) is 13.6 Å². The summed E-state index contributed by atoms with van der Waals surface area (Å²) in [7, 11) is 2.12. The summed E-state index contributed by atoms with van der Waals surface area (Å²) in [5.74, 6) is 1.03. The Hall–Kier alpha value is -1.58. The van der Waals surface area contributed by atoms with Gasteiger partial charge in [-0.15, -0.1) is 0 Å². The predicted molar refractivity (Wildman–Crippen MR) is 87.1 cm³/mol. The third-order valence-electron chi connectivity index (χ3n) is 3.46. The van der Waals surface area contributed by atoms with Crippen molar-refractivity contribution in [3.63, 3.8) is 0 Å². The molecule has 21 heavy (non-hydrogen) atoms. The number of nitrogens with one attached hydrogen (secondary N) is 1. The lowest BCUT2D eigenvalue weighted by Gasteiger charge is -2.15. The van der Waals surface area contributed by atoms with E-state index in [9.17, 15) is 0 Å². The molecule has 0 amide bonds. The average molecular weight is 286 g/mol. The lowest BCUT2D eigenvalue weighted by atomic mass is 10.1. The lowest BCUT2D eigenvalue weighted by molar-refractivity contribution is 0.288. The molecule has 114 valence electrons. The summed E-state index contributed by atoms with van der Waals surface area (Å²) < 4.78 is 5.64. The molecule has 0 aliphatic heterocycles. The first kappa shape index (κ1) is 15.8. The van der Waals surface area contributed by atoms with Crippen molar-refractivity contribution >= 4 is 0 Å². The van der Waals surface area contributed by atoms with Crippen LogP contribution in [0.5, 0.6) is 0 Å². The molecule has 0 aliphatic rings. The molecule has 0 saturated carbocycles. The van der Waals surface area contributed by atoms with Crippen LogP contribution >= 0.6 is 0 Å². The number of rotatable bonds is 8. The zero-order valence-electron chi connectivity index (χ0n) is 13.4. The molecule has 1 aromatic heterocycles. The Labute approximate surface area is 128 Å². The van der Waals surface area contributed by atoms with Crippen molar-refractivity contribution in [1.82, 2.24) is 10.2 Å². The molecule has 1 aromatic carbocycles. The van der Waals surface area contributed by atoms with Crippen LogP contribution in [0.25, 0.3) is 0 Å².